The SMILES string of the molecule is CCOc1ccc(Oc2ccc(C(C)NC)c(Cl)c2)cc1. The molecule has 3 nitrogen and oxygen atoms in total. The Morgan fingerprint density at radius 2 is 1.67 bits per heavy atom. The molecule has 1 N–H and O–H groups in total. The minimum Gasteiger partial charge on any atom is -0.494 e. The van der Waals surface area contributed by atoms with Gasteiger partial charge in [-0.1, -0.05) is 17.7 Å². The van der Waals surface area contributed by atoms with E-state index in [2.05, 4.69) is 12.2 Å². The second kappa shape index (κ2) is 7.34. The van der Waals surface area contributed by atoms with Gasteiger partial charge in [0.25, 0.3) is 0 Å². The average Bonchev–Trinajstić information content (AvgIpc) is 2.49. The van der Waals surface area contributed by atoms with Crippen molar-refractivity contribution >= 4 is 11.6 Å². The van der Waals surface area contributed by atoms with Crippen LogP contribution in [0.3, 0.4) is 0 Å². The van der Waals surface area contributed by atoms with E-state index in [0.717, 1.165) is 22.8 Å². The second-order valence-corrected chi connectivity index (χ2v) is 5.11. The molecule has 0 bridgehead atoms. The fourth-order valence-corrected chi connectivity index (χ4v) is 2.32. The summed E-state index contributed by atoms with van der Waals surface area (Å²) in [6, 6.07) is 13.5. The van der Waals surface area contributed by atoms with Crippen molar-refractivity contribution in [1.29, 1.82) is 0 Å². The fraction of sp³-hybridized carbons (Fsp3) is 0.294. The third-order valence-electron chi connectivity index (χ3n) is 3.24. The summed E-state index contributed by atoms with van der Waals surface area (Å²) in [5.41, 5.74) is 1.05. The first-order valence-electron chi connectivity index (χ1n) is 7.01. The Morgan fingerprint density at radius 3 is 2.24 bits per heavy atom. The highest BCUT2D eigenvalue weighted by Gasteiger charge is 2.09. The van der Waals surface area contributed by atoms with Gasteiger partial charge in [-0.2, -0.15) is 0 Å². The Balaban J connectivity index is 2.11. The average molecular weight is 306 g/mol. The number of halogens is 1. The standard InChI is InChI=1S/C17H20ClNO2/c1-4-20-13-5-7-14(8-6-13)21-15-9-10-16(12(2)19-3)17(18)11-15/h5-12,19H,4H2,1-3H3. The van der Waals surface area contributed by atoms with Crippen molar-refractivity contribution in [3.8, 4) is 17.2 Å². The maximum atomic E-state index is 6.30. The minimum absolute atomic E-state index is 0.206. The van der Waals surface area contributed by atoms with Gasteiger partial charge < -0.3 is 14.8 Å². The van der Waals surface area contributed by atoms with Gasteiger partial charge in [-0.05, 0) is 62.9 Å². The zero-order chi connectivity index (χ0) is 15.2. The van der Waals surface area contributed by atoms with Crippen LogP contribution in [0.25, 0.3) is 0 Å². The van der Waals surface area contributed by atoms with E-state index in [4.69, 9.17) is 21.1 Å². The van der Waals surface area contributed by atoms with Gasteiger partial charge in [0.15, 0.2) is 0 Å². The van der Waals surface area contributed by atoms with Gasteiger partial charge in [-0.3, -0.25) is 0 Å². The number of ether oxygens (including phenoxy) is 2. The Morgan fingerprint density at radius 1 is 1.05 bits per heavy atom. The van der Waals surface area contributed by atoms with Crippen LogP contribution in [0, 0.1) is 0 Å². The Bertz CT molecular complexity index is 584. The van der Waals surface area contributed by atoms with Gasteiger partial charge in [0.2, 0.25) is 0 Å². The molecule has 0 spiro atoms. The molecule has 0 aliphatic carbocycles. The summed E-state index contributed by atoms with van der Waals surface area (Å²) in [4.78, 5) is 0. The third-order valence-corrected chi connectivity index (χ3v) is 3.57. The third kappa shape index (κ3) is 4.13. The summed E-state index contributed by atoms with van der Waals surface area (Å²) >= 11 is 6.30. The molecular weight excluding hydrogens is 286 g/mol. The van der Waals surface area contributed by atoms with Gasteiger partial charge in [-0.15, -0.1) is 0 Å². The summed E-state index contributed by atoms with van der Waals surface area (Å²) in [6.45, 7) is 4.68. The predicted octanol–water partition coefficient (Wildman–Crippen LogP) is 4.81. The van der Waals surface area contributed by atoms with Crippen molar-refractivity contribution in [2.24, 2.45) is 0 Å². The molecule has 21 heavy (non-hydrogen) atoms. The molecule has 112 valence electrons. The van der Waals surface area contributed by atoms with Crippen LogP contribution in [-0.4, -0.2) is 13.7 Å². The molecule has 0 heterocycles. The molecule has 4 heteroatoms. The number of hydrogen-bond donors (Lipinski definition) is 1. The molecule has 1 atom stereocenters. The predicted molar refractivity (Wildman–Crippen MR) is 86.6 cm³/mol. The molecule has 2 aromatic carbocycles. The van der Waals surface area contributed by atoms with Crippen molar-refractivity contribution in [3.05, 3.63) is 53.1 Å². The first-order valence-corrected chi connectivity index (χ1v) is 7.39. The Hall–Kier alpha value is -1.71. The topological polar surface area (TPSA) is 30.5 Å². The van der Waals surface area contributed by atoms with Crippen molar-refractivity contribution in [1.82, 2.24) is 5.32 Å². The molecule has 1 unspecified atom stereocenters. The summed E-state index contributed by atoms with van der Waals surface area (Å²) in [7, 11) is 1.91. The lowest BCUT2D eigenvalue weighted by Gasteiger charge is -2.14. The summed E-state index contributed by atoms with van der Waals surface area (Å²) in [6.07, 6.45) is 0. The van der Waals surface area contributed by atoms with Gasteiger partial charge in [-0.25, -0.2) is 0 Å². The van der Waals surface area contributed by atoms with E-state index in [-0.39, 0.29) is 6.04 Å². The molecule has 0 aliphatic rings. The van der Waals surface area contributed by atoms with E-state index in [1.54, 1.807) is 0 Å². The molecule has 0 radical (unpaired) electrons. The first kappa shape index (κ1) is 15.7. The van der Waals surface area contributed by atoms with Crippen molar-refractivity contribution in [2.75, 3.05) is 13.7 Å². The van der Waals surface area contributed by atoms with Gasteiger partial charge in [0.05, 0.1) is 6.61 Å². The van der Waals surface area contributed by atoms with Gasteiger partial charge >= 0.3 is 0 Å². The molecule has 0 fully saturated rings. The van der Waals surface area contributed by atoms with Crippen LogP contribution in [-0.2, 0) is 0 Å². The maximum Gasteiger partial charge on any atom is 0.128 e. The fourth-order valence-electron chi connectivity index (χ4n) is 1.98. The smallest absolute Gasteiger partial charge is 0.128 e. The number of hydrogen-bond acceptors (Lipinski definition) is 3. The van der Waals surface area contributed by atoms with Crippen LogP contribution in [0.4, 0.5) is 0 Å². The van der Waals surface area contributed by atoms with E-state index >= 15 is 0 Å². The van der Waals surface area contributed by atoms with Crippen molar-refractivity contribution in [3.63, 3.8) is 0 Å². The van der Waals surface area contributed by atoms with E-state index in [1.807, 2.05) is 56.4 Å². The minimum atomic E-state index is 0.206. The van der Waals surface area contributed by atoms with E-state index in [1.165, 1.54) is 0 Å². The summed E-state index contributed by atoms with van der Waals surface area (Å²) in [5.74, 6) is 2.31. The van der Waals surface area contributed by atoms with Crippen LogP contribution < -0.4 is 14.8 Å². The van der Waals surface area contributed by atoms with Crippen LogP contribution in [0.1, 0.15) is 25.5 Å². The lowest BCUT2D eigenvalue weighted by Crippen LogP contribution is -2.12. The van der Waals surface area contributed by atoms with Crippen LogP contribution >= 0.6 is 11.6 Å². The molecule has 0 aromatic heterocycles. The monoisotopic (exact) mass is 305 g/mol. The highest BCUT2D eigenvalue weighted by atomic mass is 35.5. The molecular formula is C17H20ClNO2. The lowest BCUT2D eigenvalue weighted by atomic mass is 10.1. The van der Waals surface area contributed by atoms with Gasteiger partial charge in [0, 0.05) is 11.1 Å². The zero-order valence-electron chi connectivity index (χ0n) is 12.5. The largest absolute Gasteiger partial charge is 0.494 e. The molecule has 2 aromatic rings. The molecule has 0 saturated carbocycles. The van der Waals surface area contributed by atoms with E-state index in [9.17, 15) is 0 Å². The maximum absolute atomic E-state index is 6.30. The quantitative estimate of drug-likeness (QED) is 0.830. The Kier molecular flexibility index (Phi) is 5.48. The number of rotatable bonds is 6. The van der Waals surface area contributed by atoms with Crippen LogP contribution in [0.2, 0.25) is 5.02 Å². The summed E-state index contributed by atoms with van der Waals surface area (Å²) < 4.78 is 11.2. The summed E-state index contributed by atoms with van der Waals surface area (Å²) in [5, 5.41) is 3.86. The van der Waals surface area contributed by atoms with E-state index < -0.39 is 0 Å². The normalized spacial score (nSPS) is 12.0. The molecule has 0 saturated heterocycles. The van der Waals surface area contributed by atoms with Gasteiger partial charge in [0.1, 0.15) is 17.2 Å². The second-order valence-electron chi connectivity index (χ2n) is 4.70. The number of benzene rings is 2. The molecule has 0 aliphatic heterocycles. The first-order chi connectivity index (χ1) is 10.1. The van der Waals surface area contributed by atoms with Crippen molar-refractivity contribution < 1.29 is 9.47 Å². The lowest BCUT2D eigenvalue weighted by molar-refractivity contribution is 0.339. The van der Waals surface area contributed by atoms with Crippen molar-refractivity contribution in [2.45, 2.75) is 19.9 Å². The highest BCUT2D eigenvalue weighted by molar-refractivity contribution is 6.31. The Labute approximate surface area is 130 Å². The molecule has 0 amide bonds. The zero-order valence-corrected chi connectivity index (χ0v) is 13.3. The highest BCUT2D eigenvalue weighted by Crippen LogP contribution is 2.30. The number of nitrogens with one attached hydrogen (secondary N) is 1. The van der Waals surface area contributed by atoms with Crippen LogP contribution in [0.5, 0.6) is 17.2 Å². The van der Waals surface area contributed by atoms with E-state index in [0.29, 0.717) is 11.6 Å². The van der Waals surface area contributed by atoms with Crippen LogP contribution in [0.15, 0.2) is 42.5 Å². The molecule has 2 rings (SSSR count).